The summed E-state index contributed by atoms with van der Waals surface area (Å²) >= 11 is 1.67. The molecule has 2 nitrogen and oxygen atoms in total. The van der Waals surface area contributed by atoms with Crippen molar-refractivity contribution in [2.24, 2.45) is 5.92 Å². The average molecular weight is 212 g/mol. The summed E-state index contributed by atoms with van der Waals surface area (Å²) in [6, 6.07) is 2.06. The van der Waals surface area contributed by atoms with Crippen LogP contribution in [0.5, 0.6) is 0 Å². The number of aliphatic hydroxyl groups is 1. The quantitative estimate of drug-likeness (QED) is 0.831. The molecule has 3 atom stereocenters. The van der Waals surface area contributed by atoms with E-state index in [9.17, 15) is 5.11 Å². The van der Waals surface area contributed by atoms with Crippen LogP contribution in [0.3, 0.4) is 0 Å². The van der Waals surface area contributed by atoms with Gasteiger partial charge in [0.1, 0.15) is 0 Å². The molecule has 0 bridgehead atoms. The minimum absolute atomic E-state index is 0.0369. The molecule has 0 aliphatic carbocycles. The van der Waals surface area contributed by atoms with Crippen molar-refractivity contribution in [1.29, 1.82) is 0 Å². The van der Waals surface area contributed by atoms with Gasteiger partial charge in [0.05, 0.1) is 12.2 Å². The van der Waals surface area contributed by atoms with Gasteiger partial charge in [0.15, 0.2) is 0 Å². The summed E-state index contributed by atoms with van der Waals surface area (Å²) in [6.07, 6.45) is 1.49. The van der Waals surface area contributed by atoms with Crippen molar-refractivity contribution in [3.8, 4) is 0 Å². The molecule has 0 saturated carbocycles. The van der Waals surface area contributed by atoms with Crippen LogP contribution in [0.25, 0.3) is 0 Å². The Morgan fingerprint density at radius 2 is 2.57 bits per heavy atom. The SMILES string of the molecule is CC1CCOC1C(O)Cc1ccsc1. The molecule has 0 aromatic carbocycles. The molecule has 1 aromatic rings. The molecular weight excluding hydrogens is 196 g/mol. The summed E-state index contributed by atoms with van der Waals surface area (Å²) in [6.45, 7) is 2.95. The van der Waals surface area contributed by atoms with Crippen molar-refractivity contribution in [3.63, 3.8) is 0 Å². The first-order valence-corrected chi connectivity index (χ1v) is 6.02. The molecule has 1 saturated heterocycles. The monoisotopic (exact) mass is 212 g/mol. The smallest absolute Gasteiger partial charge is 0.0863 e. The number of ether oxygens (including phenoxy) is 1. The normalized spacial score (nSPS) is 29.3. The van der Waals surface area contributed by atoms with Crippen LogP contribution >= 0.6 is 11.3 Å². The zero-order valence-electron chi connectivity index (χ0n) is 8.35. The van der Waals surface area contributed by atoms with Crippen molar-refractivity contribution in [2.75, 3.05) is 6.61 Å². The van der Waals surface area contributed by atoms with E-state index >= 15 is 0 Å². The van der Waals surface area contributed by atoms with E-state index < -0.39 is 0 Å². The van der Waals surface area contributed by atoms with Crippen LogP contribution in [-0.2, 0) is 11.2 Å². The Hall–Kier alpha value is -0.380. The molecule has 14 heavy (non-hydrogen) atoms. The van der Waals surface area contributed by atoms with Gasteiger partial charge in [-0.2, -0.15) is 11.3 Å². The summed E-state index contributed by atoms with van der Waals surface area (Å²) in [5.41, 5.74) is 1.21. The number of rotatable bonds is 3. The second-order valence-corrected chi connectivity index (χ2v) is 4.78. The van der Waals surface area contributed by atoms with Crippen molar-refractivity contribution >= 4 is 11.3 Å². The maximum atomic E-state index is 9.97. The molecular formula is C11H16O2S. The van der Waals surface area contributed by atoms with Gasteiger partial charge in [0, 0.05) is 13.0 Å². The molecule has 1 N–H and O–H groups in total. The summed E-state index contributed by atoms with van der Waals surface area (Å²) in [5, 5.41) is 14.1. The van der Waals surface area contributed by atoms with Crippen LogP contribution in [0.2, 0.25) is 0 Å². The van der Waals surface area contributed by atoms with Crippen LogP contribution in [0.1, 0.15) is 18.9 Å². The Balaban J connectivity index is 1.92. The molecule has 1 aromatic heterocycles. The highest BCUT2D eigenvalue weighted by molar-refractivity contribution is 7.07. The van der Waals surface area contributed by atoms with Crippen molar-refractivity contribution < 1.29 is 9.84 Å². The van der Waals surface area contributed by atoms with E-state index in [4.69, 9.17) is 4.74 Å². The number of aliphatic hydroxyl groups excluding tert-OH is 1. The molecule has 3 heteroatoms. The zero-order valence-corrected chi connectivity index (χ0v) is 9.17. The largest absolute Gasteiger partial charge is 0.390 e. The zero-order chi connectivity index (χ0) is 9.97. The summed E-state index contributed by atoms with van der Waals surface area (Å²) in [7, 11) is 0. The van der Waals surface area contributed by atoms with E-state index in [1.165, 1.54) is 5.56 Å². The van der Waals surface area contributed by atoms with E-state index in [0.717, 1.165) is 19.4 Å². The van der Waals surface area contributed by atoms with E-state index in [2.05, 4.69) is 18.4 Å². The number of thiophene rings is 1. The molecule has 1 fully saturated rings. The minimum Gasteiger partial charge on any atom is -0.390 e. The third-order valence-corrected chi connectivity index (χ3v) is 3.58. The maximum absolute atomic E-state index is 9.97. The molecule has 1 aliphatic heterocycles. The standard InChI is InChI=1S/C11H16O2S/c1-8-2-4-13-11(8)10(12)6-9-3-5-14-7-9/h3,5,7-8,10-12H,2,4,6H2,1H3. The van der Waals surface area contributed by atoms with Gasteiger partial charge in [-0.25, -0.2) is 0 Å². The third kappa shape index (κ3) is 2.16. The Morgan fingerprint density at radius 3 is 3.14 bits per heavy atom. The summed E-state index contributed by atoms with van der Waals surface area (Å²) in [5.74, 6) is 0.489. The first-order chi connectivity index (χ1) is 6.77. The Bertz CT molecular complexity index is 271. The predicted molar refractivity (Wildman–Crippen MR) is 57.6 cm³/mol. The fourth-order valence-corrected chi connectivity index (χ4v) is 2.66. The second kappa shape index (κ2) is 4.43. The Labute approximate surface area is 88.5 Å². The van der Waals surface area contributed by atoms with Crippen molar-refractivity contribution in [1.82, 2.24) is 0 Å². The average Bonchev–Trinajstić information content (AvgIpc) is 2.75. The van der Waals surface area contributed by atoms with Crippen LogP contribution in [0.15, 0.2) is 16.8 Å². The van der Waals surface area contributed by atoms with Gasteiger partial charge in [-0.05, 0) is 34.7 Å². The lowest BCUT2D eigenvalue weighted by Crippen LogP contribution is -2.31. The highest BCUT2D eigenvalue weighted by atomic mass is 32.1. The maximum Gasteiger partial charge on any atom is 0.0863 e. The molecule has 0 spiro atoms. The van der Waals surface area contributed by atoms with E-state index in [0.29, 0.717) is 5.92 Å². The molecule has 0 amide bonds. The van der Waals surface area contributed by atoms with Gasteiger partial charge in [0.2, 0.25) is 0 Å². The van der Waals surface area contributed by atoms with E-state index in [1.807, 2.05) is 5.38 Å². The van der Waals surface area contributed by atoms with Gasteiger partial charge in [0.25, 0.3) is 0 Å². The van der Waals surface area contributed by atoms with Crippen LogP contribution in [0, 0.1) is 5.92 Å². The number of hydrogen-bond donors (Lipinski definition) is 1. The van der Waals surface area contributed by atoms with Crippen molar-refractivity contribution in [3.05, 3.63) is 22.4 Å². The minimum atomic E-state index is -0.345. The molecule has 2 heterocycles. The van der Waals surface area contributed by atoms with Gasteiger partial charge < -0.3 is 9.84 Å². The van der Waals surface area contributed by atoms with E-state index in [-0.39, 0.29) is 12.2 Å². The highest BCUT2D eigenvalue weighted by Crippen LogP contribution is 2.24. The van der Waals surface area contributed by atoms with Gasteiger partial charge in [-0.3, -0.25) is 0 Å². The Morgan fingerprint density at radius 1 is 1.71 bits per heavy atom. The van der Waals surface area contributed by atoms with Gasteiger partial charge in [-0.1, -0.05) is 6.92 Å². The lowest BCUT2D eigenvalue weighted by Gasteiger charge is -2.20. The van der Waals surface area contributed by atoms with Crippen LogP contribution < -0.4 is 0 Å². The first kappa shape index (κ1) is 10.1. The highest BCUT2D eigenvalue weighted by Gasteiger charge is 2.30. The fourth-order valence-electron chi connectivity index (χ4n) is 1.98. The lowest BCUT2D eigenvalue weighted by molar-refractivity contribution is -0.0157. The summed E-state index contributed by atoms with van der Waals surface area (Å²) < 4.78 is 5.53. The third-order valence-electron chi connectivity index (χ3n) is 2.85. The molecule has 3 unspecified atom stereocenters. The molecule has 78 valence electrons. The van der Waals surface area contributed by atoms with Gasteiger partial charge >= 0.3 is 0 Å². The Kier molecular flexibility index (Phi) is 3.21. The fraction of sp³-hybridized carbons (Fsp3) is 0.636. The predicted octanol–water partition coefficient (Wildman–Crippen LogP) is 2.08. The molecule has 2 rings (SSSR count). The number of hydrogen-bond acceptors (Lipinski definition) is 3. The first-order valence-electron chi connectivity index (χ1n) is 5.08. The second-order valence-electron chi connectivity index (χ2n) is 4.00. The van der Waals surface area contributed by atoms with Gasteiger partial charge in [-0.15, -0.1) is 0 Å². The topological polar surface area (TPSA) is 29.5 Å². The summed E-state index contributed by atoms with van der Waals surface area (Å²) in [4.78, 5) is 0. The van der Waals surface area contributed by atoms with Crippen LogP contribution in [0.4, 0.5) is 0 Å². The van der Waals surface area contributed by atoms with Crippen molar-refractivity contribution in [2.45, 2.75) is 32.0 Å². The van der Waals surface area contributed by atoms with E-state index in [1.54, 1.807) is 11.3 Å². The van der Waals surface area contributed by atoms with Crippen LogP contribution in [-0.4, -0.2) is 23.9 Å². The molecule has 0 radical (unpaired) electrons. The molecule has 1 aliphatic rings. The lowest BCUT2D eigenvalue weighted by atomic mass is 9.96.